The molecule has 0 amide bonds. The second-order valence-corrected chi connectivity index (χ2v) is 4.38. The number of nitrogen functional groups attached to an aromatic ring is 1. The molecule has 0 spiro atoms. The number of imidazole rings is 1. The van der Waals surface area contributed by atoms with Crippen molar-refractivity contribution in [1.29, 1.82) is 0 Å². The molecule has 108 valence electrons. The Balaban J connectivity index is 2.07. The molecule has 8 nitrogen and oxygen atoms in total. The number of aromatic nitrogens is 4. The minimum Gasteiger partial charge on any atom is -0.394 e. The Hall–Kier alpha value is -1.91. The summed E-state index contributed by atoms with van der Waals surface area (Å²) < 4.78 is 33.5. The van der Waals surface area contributed by atoms with Gasteiger partial charge in [0.1, 0.15) is 12.2 Å². The highest BCUT2D eigenvalue weighted by atomic mass is 19.1. The smallest absolute Gasteiger partial charge is 0.312 e. The van der Waals surface area contributed by atoms with Crippen molar-refractivity contribution in [2.75, 3.05) is 12.3 Å². The van der Waals surface area contributed by atoms with E-state index in [2.05, 4.69) is 15.0 Å². The van der Waals surface area contributed by atoms with Gasteiger partial charge >= 0.3 is 6.08 Å². The lowest BCUT2D eigenvalue weighted by Gasteiger charge is -2.14. The van der Waals surface area contributed by atoms with Crippen LogP contribution in [-0.4, -0.2) is 54.7 Å². The van der Waals surface area contributed by atoms with E-state index >= 15 is 0 Å². The van der Waals surface area contributed by atoms with Gasteiger partial charge < -0.3 is 20.7 Å². The van der Waals surface area contributed by atoms with Crippen LogP contribution >= 0.6 is 0 Å². The van der Waals surface area contributed by atoms with Gasteiger partial charge in [-0.2, -0.15) is 14.4 Å². The summed E-state index contributed by atoms with van der Waals surface area (Å²) in [5.41, 5.74) is 5.55. The predicted octanol–water partition coefficient (Wildman–Crippen LogP) is -0.864. The van der Waals surface area contributed by atoms with E-state index in [-0.39, 0.29) is 17.0 Å². The first-order chi connectivity index (χ1) is 9.52. The first-order valence-electron chi connectivity index (χ1n) is 5.77. The molecule has 3 rings (SSSR count). The van der Waals surface area contributed by atoms with Crippen molar-refractivity contribution in [1.82, 2.24) is 19.5 Å². The molecule has 0 aromatic carbocycles. The molecule has 4 N–H and O–H groups in total. The quantitative estimate of drug-likeness (QED) is 0.614. The molecule has 0 radical (unpaired) electrons. The van der Waals surface area contributed by atoms with Crippen molar-refractivity contribution in [3.63, 3.8) is 0 Å². The first kappa shape index (κ1) is 13.1. The zero-order chi connectivity index (χ0) is 14.4. The van der Waals surface area contributed by atoms with E-state index in [1.807, 2.05) is 0 Å². The SMILES string of the molecule is Nc1nc(F)nc2c1ncn2[C@@H]1O[C@H](CO)[C@@H](O)[C@@H]1F. The lowest BCUT2D eigenvalue weighted by molar-refractivity contribution is -0.0459. The van der Waals surface area contributed by atoms with Crippen molar-refractivity contribution in [2.24, 2.45) is 0 Å². The Labute approximate surface area is 110 Å². The van der Waals surface area contributed by atoms with E-state index in [0.717, 1.165) is 4.57 Å². The van der Waals surface area contributed by atoms with Crippen LogP contribution in [0, 0.1) is 6.08 Å². The third-order valence-electron chi connectivity index (χ3n) is 3.17. The van der Waals surface area contributed by atoms with Crippen LogP contribution in [0.15, 0.2) is 6.33 Å². The minimum absolute atomic E-state index is 0.0477. The van der Waals surface area contributed by atoms with Crippen molar-refractivity contribution < 1.29 is 23.7 Å². The van der Waals surface area contributed by atoms with E-state index in [0.29, 0.717) is 0 Å². The van der Waals surface area contributed by atoms with E-state index in [9.17, 15) is 13.9 Å². The molecule has 1 aliphatic rings. The summed E-state index contributed by atoms with van der Waals surface area (Å²) in [6.45, 7) is -0.545. The predicted molar refractivity (Wildman–Crippen MR) is 61.6 cm³/mol. The molecule has 1 fully saturated rings. The van der Waals surface area contributed by atoms with Crippen LogP contribution in [0.5, 0.6) is 0 Å². The van der Waals surface area contributed by atoms with Crippen molar-refractivity contribution in [2.45, 2.75) is 24.6 Å². The standard InChI is InChI=1S/C10H11F2N5O3/c11-4-6(19)3(1-18)20-9(4)17-2-14-5-7(13)15-10(12)16-8(5)17/h2-4,6,9,18-19H,1H2,(H2,13,15,16)/t3-,4+,6-,9-/m1/s1. The number of anilines is 1. The lowest BCUT2D eigenvalue weighted by Crippen LogP contribution is -2.30. The zero-order valence-corrected chi connectivity index (χ0v) is 10.0. The molecular formula is C10H11F2N5O3. The topological polar surface area (TPSA) is 119 Å². The molecule has 20 heavy (non-hydrogen) atoms. The molecular weight excluding hydrogens is 276 g/mol. The van der Waals surface area contributed by atoms with Crippen molar-refractivity contribution in [3.8, 4) is 0 Å². The van der Waals surface area contributed by atoms with Crippen LogP contribution in [-0.2, 0) is 4.74 Å². The number of halogens is 2. The number of nitrogens with two attached hydrogens (primary N) is 1. The maximum Gasteiger partial charge on any atom is 0.312 e. The van der Waals surface area contributed by atoms with Gasteiger partial charge in [-0.15, -0.1) is 0 Å². The van der Waals surface area contributed by atoms with Gasteiger partial charge in [-0.05, 0) is 0 Å². The van der Waals surface area contributed by atoms with Gasteiger partial charge in [-0.1, -0.05) is 0 Å². The number of fused-ring (bicyclic) bond motifs is 1. The number of rotatable bonds is 2. The average molecular weight is 287 g/mol. The van der Waals surface area contributed by atoms with Gasteiger partial charge in [0, 0.05) is 0 Å². The van der Waals surface area contributed by atoms with E-state index in [1.54, 1.807) is 0 Å². The van der Waals surface area contributed by atoms with Crippen LogP contribution in [0.4, 0.5) is 14.6 Å². The van der Waals surface area contributed by atoms with E-state index < -0.39 is 37.3 Å². The number of aliphatic hydroxyl groups is 2. The Morgan fingerprint density at radius 1 is 1.45 bits per heavy atom. The summed E-state index contributed by atoms with van der Waals surface area (Å²) >= 11 is 0. The summed E-state index contributed by atoms with van der Waals surface area (Å²) in [5.74, 6) is -0.182. The molecule has 2 aromatic rings. The number of alkyl halides is 1. The second-order valence-electron chi connectivity index (χ2n) is 4.38. The van der Waals surface area contributed by atoms with Crippen LogP contribution in [0.3, 0.4) is 0 Å². The summed E-state index contributed by atoms with van der Waals surface area (Å²) in [6, 6.07) is 0. The number of aliphatic hydroxyl groups excluding tert-OH is 2. The highest BCUT2D eigenvalue weighted by Crippen LogP contribution is 2.33. The molecule has 0 bridgehead atoms. The molecule has 10 heteroatoms. The van der Waals surface area contributed by atoms with E-state index in [1.165, 1.54) is 6.33 Å². The van der Waals surface area contributed by atoms with Gasteiger partial charge in [0.15, 0.2) is 29.4 Å². The molecule has 0 unspecified atom stereocenters. The third-order valence-corrected chi connectivity index (χ3v) is 3.17. The average Bonchev–Trinajstić information content (AvgIpc) is 2.93. The fourth-order valence-corrected chi connectivity index (χ4v) is 2.18. The van der Waals surface area contributed by atoms with E-state index in [4.69, 9.17) is 15.6 Å². The number of ether oxygens (including phenoxy) is 1. The Morgan fingerprint density at radius 2 is 2.20 bits per heavy atom. The summed E-state index contributed by atoms with van der Waals surface area (Å²) in [6.07, 6.45) is -5.57. The maximum absolute atomic E-state index is 14.0. The van der Waals surface area contributed by atoms with Crippen LogP contribution in [0.2, 0.25) is 0 Å². The summed E-state index contributed by atoms with van der Waals surface area (Å²) in [4.78, 5) is 10.7. The second kappa shape index (κ2) is 4.58. The highest BCUT2D eigenvalue weighted by molar-refractivity contribution is 5.81. The number of hydrogen-bond donors (Lipinski definition) is 3. The maximum atomic E-state index is 14.0. The van der Waals surface area contributed by atoms with Crippen LogP contribution < -0.4 is 5.73 Å². The Bertz CT molecular complexity index is 651. The molecule has 3 heterocycles. The Kier molecular flexibility index (Phi) is 3.00. The zero-order valence-electron chi connectivity index (χ0n) is 10.0. The first-order valence-corrected chi connectivity index (χ1v) is 5.77. The normalized spacial score (nSPS) is 30.2. The minimum atomic E-state index is -1.82. The van der Waals surface area contributed by atoms with Crippen LogP contribution in [0.25, 0.3) is 11.2 Å². The van der Waals surface area contributed by atoms with Gasteiger partial charge in [-0.25, -0.2) is 9.37 Å². The van der Waals surface area contributed by atoms with Gasteiger partial charge in [0.2, 0.25) is 0 Å². The summed E-state index contributed by atoms with van der Waals surface area (Å²) in [5, 5.41) is 18.6. The van der Waals surface area contributed by atoms with Crippen molar-refractivity contribution >= 4 is 17.0 Å². The third kappa shape index (κ3) is 1.80. The van der Waals surface area contributed by atoms with Gasteiger partial charge in [0.25, 0.3) is 0 Å². The monoisotopic (exact) mass is 287 g/mol. The molecule has 1 aliphatic heterocycles. The highest BCUT2D eigenvalue weighted by Gasteiger charge is 2.45. The number of nitrogens with zero attached hydrogens (tertiary/aromatic N) is 4. The Morgan fingerprint density at radius 3 is 2.85 bits per heavy atom. The number of hydrogen-bond acceptors (Lipinski definition) is 7. The molecule has 0 saturated carbocycles. The van der Waals surface area contributed by atoms with Crippen molar-refractivity contribution in [3.05, 3.63) is 12.4 Å². The molecule has 0 aliphatic carbocycles. The molecule has 2 aromatic heterocycles. The largest absolute Gasteiger partial charge is 0.394 e. The molecule has 4 atom stereocenters. The fraction of sp³-hybridized carbons (Fsp3) is 0.500. The van der Waals surface area contributed by atoms with Gasteiger partial charge in [0.05, 0.1) is 12.9 Å². The molecule has 1 saturated heterocycles. The lowest BCUT2D eigenvalue weighted by atomic mass is 10.1. The summed E-state index contributed by atoms with van der Waals surface area (Å²) in [7, 11) is 0. The van der Waals surface area contributed by atoms with Gasteiger partial charge in [-0.3, -0.25) is 4.57 Å². The van der Waals surface area contributed by atoms with Crippen LogP contribution in [0.1, 0.15) is 6.23 Å². The fourth-order valence-electron chi connectivity index (χ4n) is 2.18.